The fourth-order valence-electron chi connectivity index (χ4n) is 5.37. The number of rotatable bonds is 10. The first-order valence-electron chi connectivity index (χ1n) is 12.3. The van der Waals surface area contributed by atoms with E-state index in [1.807, 2.05) is 26.0 Å². The molecule has 1 heterocycles. The van der Waals surface area contributed by atoms with Gasteiger partial charge in [-0.25, -0.2) is 0 Å². The normalized spacial score (nSPS) is 21.4. The third kappa shape index (κ3) is 5.25. The summed E-state index contributed by atoms with van der Waals surface area (Å²) in [5.41, 5.74) is 5.25. The van der Waals surface area contributed by atoms with Gasteiger partial charge in [-0.2, -0.15) is 0 Å². The van der Waals surface area contributed by atoms with Gasteiger partial charge < -0.3 is 14.9 Å². The van der Waals surface area contributed by atoms with E-state index < -0.39 is 0 Å². The minimum atomic E-state index is -0.120. The van der Waals surface area contributed by atoms with Crippen LogP contribution in [-0.4, -0.2) is 22.8 Å². The van der Waals surface area contributed by atoms with Gasteiger partial charge in [-0.15, -0.1) is 0 Å². The van der Waals surface area contributed by atoms with Crippen LogP contribution in [0, 0.1) is 25.7 Å². The average molecular weight is 439 g/mol. The summed E-state index contributed by atoms with van der Waals surface area (Å²) in [5.74, 6) is 3.41. The summed E-state index contributed by atoms with van der Waals surface area (Å²) in [6.07, 6.45) is 6.82. The lowest BCUT2D eigenvalue weighted by molar-refractivity contribution is -0.116. The average Bonchev–Trinajstić information content (AvgIpc) is 3.45. The highest BCUT2D eigenvalue weighted by Crippen LogP contribution is 2.52. The number of nitrogens with one attached hydrogen (secondary N) is 1. The molecule has 0 spiro atoms. The second kappa shape index (κ2) is 9.78. The van der Waals surface area contributed by atoms with Crippen LogP contribution >= 0.6 is 0 Å². The Balaban J connectivity index is 1.48. The third-order valence-corrected chi connectivity index (χ3v) is 7.13. The fourth-order valence-corrected chi connectivity index (χ4v) is 5.37. The standard InChI is InChI=1S/C27H38N2O3/c1-16(2)11-19-13-22(14-19)27-25(20-6-7-20)26(29-32-27)21(9-10-30)15-24(31)28-23-8-5-17(3)12-18(23)4/h5,8,12,16,19-22,30H,6-7,9-11,13-15H2,1-4H3,(H,28,31)/t19-,21-,22+/m1/s1. The summed E-state index contributed by atoms with van der Waals surface area (Å²) < 4.78 is 5.95. The molecule has 2 N–H and O–H groups in total. The second-order valence-corrected chi connectivity index (χ2v) is 10.6. The Bertz CT molecular complexity index is 938. The first-order valence-corrected chi connectivity index (χ1v) is 12.3. The van der Waals surface area contributed by atoms with E-state index in [0.717, 1.165) is 34.5 Å². The van der Waals surface area contributed by atoms with E-state index in [4.69, 9.17) is 4.52 Å². The van der Waals surface area contributed by atoms with Gasteiger partial charge in [0.15, 0.2) is 0 Å². The molecule has 2 aromatic rings. The molecule has 0 saturated heterocycles. The Morgan fingerprint density at radius 3 is 2.59 bits per heavy atom. The van der Waals surface area contributed by atoms with Crippen LogP contribution in [0.2, 0.25) is 0 Å². The van der Waals surface area contributed by atoms with Gasteiger partial charge in [0, 0.05) is 36.1 Å². The highest BCUT2D eigenvalue weighted by molar-refractivity contribution is 5.92. The molecule has 0 radical (unpaired) electrons. The molecule has 32 heavy (non-hydrogen) atoms. The molecule has 0 bridgehead atoms. The number of anilines is 1. The molecular formula is C27H38N2O3. The largest absolute Gasteiger partial charge is 0.396 e. The topological polar surface area (TPSA) is 75.4 Å². The number of benzene rings is 1. The van der Waals surface area contributed by atoms with Gasteiger partial charge in [0.25, 0.3) is 0 Å². The Morgan fingerprint density at radius 2 is 1.97 bits per heavy atom. The van der Waals surface area contributed by atoms with Crippen molar-refractivity contribution in [3.8, 4) is 0 Å². The molecule has 0 unspecified atom stereocenters. The lowest BCUT2D eigenvalue weighted by atomic mass is 9.69. The molecule has 5 nitrogen and oxygen atoms in total. The molecule has 174 valence electrons. The predicted molar refractivity (Wildman–Crippen MR) is 127 cm³/mol. The number of hydrogen-bond acceptors (Lipinski definition) is 4. The second-order valence-electron chi connectivity index (χ2n) is 10.6. The van der Waals surface area contributed by atoms with Crippen LogP contribution in [0.4, 0.5) is 5.69 Å². The monoisotopic (exact) mass is 438 g/mol. The Hall–Kier alpha value is -2.14. The summed E-state index contributed by atoms with van der Waals surface area (Å²) in [4.78, 5) is 12.9. The van der Waals surface area contributed by atoms with E-state index in [-0.39, 0.29) is 18.4 Å². The number of aliphatic hydroxyl groups is 1. The first kappa shape index (κ1) is 23.0. The van der Waals surface area contributed by atoms with Gasteiger partial charge in [0.1, 0.15) is 5.76 Å². The van der Waals surface area contributed by atoms with Gasteiger partial charge >= 0.3 is 0 Å². The fraction of sp³-hybridized carbons (Fsp3) is 0.630. The maximum absolute atomic E-state index is 12.9. The molecular weight excluding hydrogens is 400 g/mol. The smallest absolute Gasteiger partial charge is 0.225 e. The maximum atomic E-state index is 12.9. The minimum absolute atomic E-state index is 0.0354. The zero-order valence-corrected chi connectivity index (χ0v) is 20.0. The minimum Gasteiger partial charge on any atom is -0.396 e. The van der Waals surface area contributed by atoms with Gasteiger partial charge in [-0.1, -0.05) is 36.7 Å². The van der Waals surface area contributed by atoms with Crippen LogP contribution in [0.1, 0.15) is 105 Å². The molecule has 2 fully saturated rings. The summed E-state index contributed by atoms with van der Waals surface area (Å²) in [5, 5.41) is 17.3. The van der Waals surface area contributed by atoms with Crippen LogP contribution in [0.3, 0.4) is 0 Å². The Labute approximate surface area is 192 Å². The molecule has 1 atom stereocenters. The third-order valence-electron chi connectivity index (χ3n) is 7.13. The number of nitrogens with zero attached hydrogens (tertiary/aromatic N) is 1. The number of carbonyl (C=O) groups is 1. The number of aryl methyl sites for hydroxylation is 2. The molecule has 1 aromatic heterocycles. The van der Waals surface area contributed by atoms with E-state index in [0.29, 0.717) is 24.7 Å². The lowest BCUT2D eigenvalue weighted by Gasteiger charge is -2.35. The van der Waals surface area contributed by atoms with Gasteiger partial charge in [-0.3, -0.25) is 4.79 Å². The number of carbonyl (C=O) groups excluding carboxylic acids is 1. The Kier molecular flexibility index (Phi) is 7.04. The quantitative estimate of drug-likeness (QED) is 0.463. The van der Waals surface area contributed by atoms with E-state index in [9.17, 15) is 9.90 Å². The predicted octanol–water partition coefficient (Wildman–Crippen LogP) is 6.20. The molecule has 1 aromatic carbocycles. The summed E-state index contributed by atoms with van der Waals surface area (Å²) in [7, 11) is 0. The van der Waals surface area contributed by atoms with Crippen molar-refractivity contribution in [2.24, 2.45) is 11.8 Å². The van der Waals surface area contributed by atoms with E-state index >= 15 is 0 Å². The lowest BCUT2D eigenvalue weighted by Crippen LogP contribution is -2.24. The zero-order valence-electron chi connectivity index (χ0n) is 20.0. The molecule has 4 rings (SSSR count). The molecule has 5 heteroatoms. The number of hydrogen-bond donors (Lipinski definition) is 2. The highest BCUT2D eigenvalue weighted by Gasteiger charge is 2.41. The number of aliphatic hydroxyl groups excluding tert-OH is 1. The SMILES string of the molecule is Cc1ccc(NC(=O)C[C@@H](CCO)c2noc([C@H]3C[C@@H](CC(C)C)C3)c2C2CC2)c(C)c1. The van der Waals surface area contributed by atoms with Crippen molar-refractivity contribution >= 4 is 11.6 Å². The summed E-state index contributed by atoms with van der Waals surface area (Å²) in [6.45, 7) is 8.67. The van der Waals surface area contributed by atoms with Crippen molar-refractivity contribution in [2.75, 3.05) is 11.9 Å². The van der Waals surface area contributed by atoms with Crippen molar-refractivity contribution < 1.29 is 14.4 Å². The molecule has 2 aliphatic carbocycles. The first-order chi connectivity index (χ1) is 15.4. The van der Waals surface area contributed by atoms with Crippen molar-refractivity contribution in [3.63, 3.8) is 0 Å². The van der Waals surface area contributed by atoms with Crippen LogP contribution in [0.5, 0.6) is 0 Å². The maximum Gasteiger partial charge on any atom is 0.225 e. The van der Waals surface area contributed by atoms with Crippen LogP contribution in [-0.2, 0) is 4.79 Å². The van der Waals surface area contributed by atoms with E-state index in [1.165, 1.54) is 43.2 Å². The summed E-state index contributed by atoms with van der Waals surface area (Å²) >= 11 is 0. The van der Waals surface area contributed by atoms with Crippen molar-refractivity contribution in [1.29, 1.82) is 0 Å². The van der Waals surface area contributed by atoms with E-state index in [2.05, 4.69) is 30.4 Å². The molecule has 1 amide bonds. The highest BCUT2D eigenvalue weighted by atomic mass is 16.5. The molecule has 0 aliphatic heterocycles. The van der Waals surface area contributed by atoms with Gasteiger partial charge in [0.05, 0.1) is 5.69 Å². The van der Waals surface area contributed by atoms with Crippen molar-refractivity contribution in [2.45, 2.75) is 90.4 Å². The van der Waals surface area contributed by atoms with Crippen molar-refractivity contribution in [1.82, 2.24) is 5.16 Å². The van der Waals surface area contributed by atoms with Crippen LogP contribution < -0.4 is 5.32 Å². The van der Waals surface area contributed by atoms with E-state index in [1.54, 1.807) is 0 Å². The van der Waals surface area contributed by atoms with Gasteiger partial charge in [-0.05, 0) is 81.8 Å². The number of aromatic nitrogens is 1. The molecule has 2 saturated carbocycles. The Morgan fingerprint density at radius 1 is 1.22 bits per heavy atom. The van der Waals surface area contributed by atoms with Gasteiger partial charge in [0.2, 0.25) is 5.91 Å². The van der Waals surface area contributed by atoms with Crippen molar-refractivity contribution in [3.05, 3.63) is 46.3 Å². The summed E-state index contributed by atoms with van der Waals surface area (Å²) in [6, 6.07) is 6.03. The number of amides is 1. The van der Waals surface area contributed by atoms with Crippen LogP contribution in [0.25, 0.3) is 0 Å². The molecule has 2 aliphatic rings. The zero-order chi connectivity index (χ0) is 22.8. The van der Waals surface area contributed by atoms with Crippen LogP contribution in [0.15, 0.2) is 22.7 Å².